The number of para-hydroxylation sites is 1. The van der Waals surface area contributed by atoms with E-state index in [2.05, 4.69) is 29.7 Å². The Morgan fingerprint density at radius 3 is 2.88 bits per heavy atom. The van der Waals surface area contributed by atoms with Crippen LogP contribution in [-0.2, 0) is 13.1 Å². The molecule has 0 radical (unpaired) electrons. The van der Waals surface area contributed by atoms with Gasteiger partial charge in [0.15, 0.2) is 0 Å². The number of aromatic nitrogens is 1. The van der Waals surface area contributed by atoms with Gasteiger partial charge < -0.3 is 9.30 Å². The summed E-state index contributed by atoms with van der Waals surface area (Å²) < 4.78 is 7.79. The van der Waals surface area contributed by atoms with Crippen LogP contribution in [0.2, 0.25) is 0 Å². The van der Waals surface area contributed by atoms with Crippen LogP contribution in [0.25, 0.3) is 0 Å². The lowest BCUT2D eigenvalue weighted by atomic mass is 9.83. The van der Waals surface area contributed by atoms with Gasteiger partial charge in [0.2, 0.25) is 0 Å². The minimum absolute atomic E-state index is 0.142. The predicted molar refractivity (Wildman–Crippen MR) is 99.0 cm³/mol. The van der Waals surface area contributed by atoms with Crippen molar-refractivity contribution in [2.24, 2.45) is 5.92 Å². The number of hydrogen-bond acceptors (Lipinski definition) is 3. The highest BCUT2D eigenvalue weighted by atomic mass is 16.5. The molecule has 4 nitrogen and oxygen atoms in total. The topological polar surface area (TPSA) is 34.5 Å². The van der Waals surface area contributed by atoms with Crippen molar-refractivity contribution in [1.29, 1.82) is 0 Å². The zero-order valence-corrected chi connectivity index (χ0v) is 14.4. The molecule has 0 saturated carbocycles. The van der Waals surface area contributed by atoms with Gasteiger partial charge in [-0.05, 0) is 24.5 Å². The van der Waals surface area contributed by atoms with Crippen molar-refractivity contribution in [2.45, 2.75) is 25.4 Å². The third-order valence-electron chi connectivity index (χ3n) is 5.28. The van der Waals surface area contributed by atoms with E-state index in [4.69, 9.17) is 4.74 Å². The van der Waals surface area contributed by atoms with Gasteiger partial charge >= 0.3 is 0 Å². The Morgan fingerprint density at radius 2 is 2.00 bits per heavy atom. The lowest BCUT2D eigenvalue weighted by molar-refractivity contribution is 0.113. The maximum absolute atomic E-state index is 12.1. The summed E-state index contributed by atoms with van der Waals surface area (Å²) in [6.07, 6.45) is 2.96. The second-order valence-electron chi connectivity index (χ2n) is 7.10. The second-order valence-corrected chi connectivity index (χ2v) is 7.10. The zero-order valence-electron chi connectivity index (χ0n) is 14.4. The molecule has 2 aliphatic heterocycles. The molecule has 1 aromatic carbocycles. The van der Waals surface area contributed by atoms with Gasteiger partial charge in [0.25, 0.3) is 5.56 Å². The summed E-state index contributed by atoms with van der Waals surface area (Å²) in [5.74, 6) is 1.94. The highest BCUT2D eigenvalue weighted by Gasteiger charge is 2.34. The Morgan fingerprint density at radius 1 is 1.12 bits per heavy atom. The van der Waals surface area contributed by atoms with Gasteiger partial charge in [0, 0.05) is 49.4 Å². The first-order valence-electron chi connectivity index (χ1n) is 8.98. The smallest absolute Gasteiger partial charge is 0.250 e. The molecule has 2 bridgehead atoms. The van der Waals surface area contributed by atoms with Crippen LogP contribution in [0.3, 0.4) is 0 Å². The van der Waals surface area contributed by atoms with Crippen LogP contribution in [-0.4, -0.2) is 29.2 Å². The zero-order chi connectivity index (χ0) is 17.2. The Hall–Kier alpha value is -2.33. The average molecular weight is 336 g/mol. The number of piperidine rings is 1. The van der Waals surface area contributed by atoms with Crippen LogP contribution >= 0.6 is 0 Å². The average Bonchev–Trinajstić information content (AvgIpc) is 2.62. The van der Waals surface area contributed by atoms with Crippen molar-refractivity contribution < 1.29 is 4.74 Å². The van der Waals surface area contributed by atoms with Crippen molar-refractivity contribution in [3.05, 3.63) is 76.7 Å². The Kier molecular flexibility index (Phi) is 4.45. The quantitative estimate of drug-likeness (QED) is 0.787. The summed E-state index contributed by atoms with van der Waals surface area (Å²) in [7, 11) is 0. The summed E-state index contributed by atoms with van der Waals surface area (Å²) in [4.78, 5) is 14.6. The molecule has 0 aliphatic carbocycles. The maximum atomic E-state index is 12.1. The fourth-order valence-electron chi connectivity index (χ4n) is 4.29. The number of nitrogens with zero attached hydrogens (tertiary/aromatic N) is 2. The van der Waals surface area contributed by atoms with E-state index in [0.717, 1.165) is 31.9 Å². The molecule has 2 atom stereocenters. The normalized spacial score (nSPS) is 22.2. The first kappa shape index (κ1) is 16.2. The molecule has 2 aliphatic rings. The van der Waals surface area contributed by atoms with E-state index in [0.29, 0.717) is 18.4 Å². The molecule has 0 amide bonds. The van der Waals surface area contributed by atoms with Gasteiger partial charge in [-0.3, -0.25) is 9.69 Å². The van der Waals surface area contributed by atoms with Crippen molar-refractivity contribution in [3.8, 4) is 5.75 Å². The molecule has 2 aromatic rings. The van der Waals surface area contributed by atoms with Crippen molar-refractivity contribution in [3.63, 3.8) is 0 Å². The number of pyridine rings is 1. The fraction of sp³-hybridized carbons (Fsp3) is 0.381. The highest BCUT2D eigenvalue weighted by Crippen LogP contribution is 2.36. The first-order valence-corrected chi connectivity index (χ1v) is 8.98. The molecule has 1 saturated heterocycles. The lowest BCUT2D eigenvalue weighted by Gasteiger charge is -2.42. The number of rotatable bonds is 5. The maximum Gasteiger partial charge on any atom is 0.250 e. The molecule has 130 valence electrons. The van der Waals surface area contributed by atoms with E-state index in [9.17, 15) is 4.79 Å². The molecular weight excluding hydrogens is 312 g/mol. The molecular formula is C21H24N2O2. The van der Waals surface area contributed by atoms with Crippen molar-refractivity contribution >= 4 is 0 Å². The number of benzene rings is 1. The van der Waals surface area contributed by atoms with Gasteiger partial charge in [0.1, 0.15) is 12.4 Å². The van der Waals surface area contributed by atoms with Crippen LogP contribution in [0.5, 0.6) is 5.75 Å². The van der Waals surface area contributed by atoms with Crippen molar-refractivity contribution in [1.82, 2.24) is 9.47 Å². The molecule has 1 aromatic heterocycles. The van der Waals surface area contributed by atoms with Crippen molar-refractivity contribution in [2.75, 3.05) is 19.7 Å². The molecule has 1 fully saturated rings. The summed E-state index contributed by atoms with van der Waals surface area (Å²) in [6, 6.07) is 13.9. The Bertz CT molecular complexity index is 827. The molecule has 0 N–H and O–H groups in total. The molecule has 0 spiro atoms. The molecule has 4 rings (SSSR count). The van der Waals surface area contributed by atoms with Gasteiger partial charge in [-0.1, -0.05) is 36.9 Å². The summed E-state index contributed by atoms with van der Waals surface area (Å²) in [5.41, 5.74) is 2.56. The van der Waals surface area contributed by atoms with E-state index in [1.807, 2.05) is 22.8 Å². The van der Waals surface area contributed by atoms with Crippen LogP contribution in [0.1, 0.15) is 23.6 Å². The van der Waals surface area contributed by atoms with Gasteiger partial charge in [-0.15, -0.1) is 0 Å². The van der Waals surface area contributed by atoms with Gasteiger partial charge in [-0.25, -0.2) is 0 Å². The van der Waals surface area contributed by atoms with E-state index in [1.165, 1.54) is 17.7 Å². The fourth-order valence-corrected chi connectivity index (χ4v) is 4.29. The Labute approximate surface area is 148 Å². The minimum Gasteiger partial charge on any atom is -0.489 e. The molecule has 2 unspecified atom stereocenters. The third-order valence-corrected chi connectivity index (χ3v) is 5.28. The first-order chi connectivity index (χ1) is 12.2. The van der Waals surface area contributed by atoms with E-state index < -0.39 is 0 Å². The van der Waals surface area contributed by atoms with Crippen LogP contribution in [0.15, 0.2) is 59.9 Å². The number of likely N-dealkylation sites (tertiary alicyclic amines) is 1. The minimum atomic E-state index is 0.142. The van der Waals surface area contributed by atoms with Crippen LogP contribution in [0, 0.1) is 5.92 Å². The van der Waals surface area contributed by atoms with Gasteiger partial charge in [-0.2, -0.15) is 0 Å². The SMILES string of the molecule is C=CCOc1ccccc1CN1CC2CC(C1)c1cccc(=O)n1C2. The number of fused-ring (bicyclic) bond motifs is 4. The largest absolute Gasteiger partial charge is 0.489 e. The Balaban J connectivity index is 1.53. The van der Waals surface area contributed by atoms with E-state index >= 15 is 0 Å². The summed E-state index contributed by atoms with van der Waals surface area (Å²) in [5, 5.41) is 0. The molecule has 3 heterocycles. The number of hydrogen-bond donors (Lipinski definition) is 0. The highest BCUT2D eigenvalue weighted by molar-refractivity contribution is 5.33. The van der Waals surface area contributed by atoms with Gasteiger partial charge in [0.05, 0.1) is 0 Å². The standard InChI is InChI=1S/C21H24N2O2/c1-2-10-25-20-8-4-3-6-17(20)14-22-12-16-11-18(15-22)19-7-5-9-21(24)23(19)13-16/h2-9,16,18H,1,10-15H2. The van der Waals surface area contributed by atoms with Crippen LogP contribution in [0.4, 0.5) is 0 Å². The van der Waals surface area contributed by atoms with Crippen LogP contribution < -0.4 is 10.3 Å². The summed E-state index contributed by atoms with van der Waals surface area (Å²) >= 11 is 0. The summed E-state index contributed by atoms with van der Waals surface area (Å²) in [6.45, 7) is 8.01. The van der Waals surface area contributed by atoms with E-state index in [1.54, 1.807) is 12.1 Å². The predicted octanol–water partition coefficient (Wildman–Crippen LogP) is 3.03. The third kappa shape index (κ3) is 3.27. The monoisotopic (exact) mass is 336 g/mol. The lowest BCUT2D eigenvalue weighted by Crippen LogP contribution is -2.46. The molecule has 25 heavy (non-hydrogen) atoms. The number of ether oxygens (including phenoxy) is 1. The molecule has 4 heteroatoms. The second kappa shape index (κ2) is 6.89. The van der Waals surface area contributed by atoms with E-state index in [-0.39, 0.29) is 5.56 Å².